The Labute approximate surface area is 148 Å². The molecule has 2 rings (SSSR count). The van der Waals surface area contributed by atoms with E-state index in [1.165, 1.54) is 0 Å². The van der Waals surface area contributed by atoms with Crippen LogP contribution in [-0.4, -0.2) is 54.7 Å². The van der Waals surface area contributed by atoms with Crippen molar-refractivity contribution in [3.05, 3.63) is 29.8 Å². The van der Waals surface area contributed by atoms with Gasteiger partial charge in [-0.25, -0.2) is 0 Å². The molecule has 1 fully saturated rings. The van der Waals surface area contributed by atoms with Crippen molar-refractivity contribution >= 4 is 24.3 Å². The summed E-state index contributed by atoms with van der Waals surface area (Å²) in [7, 11) is 0. The first kappa shape index (κ1) is 20.3. The summed E-state index contributed by atoms with van der Waals surface area (Å²) in [4.78, 5) is 24.8. The van der Waals surface area contributed by atoms with Gasteiger partial charge in [-0.1, -0.05) is 12.1 Å². The molecule has 1 aliphatic heterocycles. The minimum absolute atomic E-state index is 0. The van der Waals surface area contributed by atoms with Crippen molar-refractivity contribution in [2.45, 2.75) is 19.8 Å². The number of aryl methyl sites for hydroxylation is 1. The minimum Gasteiger partial charge on any atom is -0.492 e. The number of nitrogens with zero attached hydrogens (tertiary/aromatic N) is 1. The SMILES string of the molecule is Cc1cccc(OCCNC(=O)CN2CCCC(C(=O)O)C2)c1.Cl. The van der Waals surface area contributed by atoms with Gasteiger partial charge in [0.05, 0.1) is 19.0 Å². The Balaban J connectivity index is 0.00000288. The second-order valence-corrected chi connectivity index (χ2v) is 5.93. The summed E-state index contributed by atoms with van der Waals surface area (Å²) in [5.41, 5.74) is 1.13. The molecule has 7 heteroatoms. The lowest BCUT2D eigenvalue weighted by Gasteiger charge is -2.29. The highest BCUT2D eigenvalue weighted by atomic mass is 35.5. The number of nitrogens with one attached hydrogen (secondary N) is 1. The standard InChI is InChI=1S/C17H24N2O4.ClH/c1-13-4-2-6-15(10-13)23-9-7-18-16(20)12-19-8-3-5-14(11-19)17(21)22;/h2,4,6,10,14H,3,5,7-9,11-12H2,1H3,(H,18,20)(H,21,22);1H. The lowest BCUT2D eigenvalue weighted by molar-refractivity contribution is -0.144. The molecular formula is C17H25ClN2O4. The van der Waals surface area contributed by atoms with Gasteiger partial charge in [0, 0.05) is 6.54 Å². The van der Waals surface area contributed by atoms with Gasteiger partial charge in [-0.2, -0.15) is 0 Å². The maximum absolute atomic E-state index is 11.9. The zero-order chi connectivity index (χ0) is 16.7. The highest BCUT2D eigenvalue weighted by Crippen LogP contribution is 2.16. The summed E-state index contributed by atoms with van der Waals surface area (Å²) in [6.45, 7) is 4.31. The molecule has 2 N–H and O–H groups in total. The molecular weight excluding hydrogens is 332 g/mol. The highest BCUT2D eigenvalue weighted by Gasteiger charge is 2.26. The molecule has 0 radical (unpaired) electrons. The maximum Gasteiger partial charge on any atom is 0.307 e. The Hall–Kier alpha value is -1.79. The molecule has 0 aromatic heterocycles. The van der Waals surface area contributed by atoms with Crippen molar-refractivity contribution < 1.29 is 19.4 Å². The number of aliphatic carboxylic acids is 1. The summed E-state index contributed by atoms with van der Waals surface area (Å²) in [6, 6.07) is 7.76. The fourth-order valence-corrected chi connectivity index (χ4v) is 2.72. The number of piperidine rings is 1. The molecule has 0 aliphatic carbocycles. The van der Waals surface area contributed by atoms with E-state index in [1.54, 1.807) is 0 Å². The molecule has 0 bridgehead atoms. The monoisotopic (exact) mass is 356 g/mol. The van der Waals surface area contributed by atoms with Crippen molar-refractivity contribution in [2.24, 2.45) is 5.92 Å². The largest absolute Gasteiger partial charge is 0.492 e. The maximum atomic E-state index is 11.9. The Morgan fingerprint density at radius 3 is 2.92 bits per heavy atom. The quantitative estimate of drug-likeness (QED) is 0.727. The van der Waals surface area contributed by atoms with E-state index in [1.807, 2.05) is 36.1 Å². The number of benzene rings is 1. The Morgan fingerprint density at radius 1 is 1.42 bits per heavy atom. The van der Waals surface area contributed by atoms with E-state index in [0.717, 1.165) is 24.3 Å². The molecule has 1 aromatic rings. The number of rotatable bonds is 7. The molecule has 1 unspecified atom stereocenters. The van der Waals surface area contributed by atoms with Gasteiger partial charge in [0.25, 0.3) is 0 Å². The number of carbonyl (C=O) groups excluding carboxylic acids is 1. The van der Waals surface area contributed by atoms with Gasteiger partial charge in [0.2, 0.25) is 5.91 Å². The third kappa shape index (κ3) is 6.76. The lowest BCUT2D eigenvalue weighted by atomic mass is 9.98. The molecule has 1 aromatic carbocycles. The van der Waals surface area contributed by atoms with Crippen LogP contribution in [0.2, 0.25) is 0 Å². The number of halogens is 1. The van der Waals surface area contributed by atoms with Gasteiger partial charge in [0.1, 0.15) is 12.4 Å². The van der Waals surface area contributed by atoms with Crippen molar-refractivity contribution in [1.29, 1.82) is 0 Å². The zero-order valence-electron chi connectivity index (χ0n) is 13.9. The summed E-state index contributed by atoms with van der Waals surface area (Å²) in [5, 5.41) is 11.9. The lowest BCUT2D eigenvalue weighted by Crippen LogP contribution is -2.44. The normalized spacial score (nSPS) is 17.6. The van der Waals surface area contributed by atoms with Crippen LogP contribution in [0, 0.1) is 12.8 Å². The highest BCUT2D eigenvalue weighted by molar-refractivity contribution is 5.85. The van der Waals surface area contributed by atoms with Gasteiger partial charge in [-0.3, -0.25) is 14.5 Å². The van der Waals surface area contributed by atoms with E-state index in [9.17, 15) is 9.59 Å². The molecule has 1 aliphatic rings. The Bertz CT molecular complexity index is 553. The first-order valence-electron chi connectivity index (χ1n) is 7.96. The number of amides is 1. The number of likely N-dealkylation sites (tertiary alicyclic amines) is 1. The second-order valence-electron chi connectivity index (χ2n) is 5.93. The van der Waals surface area contributed by atoms with Crippen LogP contribution in [-0.2, 0) is 9.59 Å². The molecule has 24 heavy (non-hydrogen) atoms. The van der Waals surface area contributed by atoms with Crippen LogP contribution in [0.4, 0.5) is 0 Å². The molecule has 1 amide bonds. The second kappa shape index (κ2) is 10.2. The van der Waals surface area contributed by atoms with Gasteiger partial charge in [-0.05, 0) is 44.0 Å². The topological polar surface area (TPSA) is 78.9 Å². The molecule has 1 saturated heterocycles. The summed E-state index contributed by atoms with van der Waals surface area (Å²) in [6.07, 6.45) is 1.51. The van der Waals surface area contributed by atoms with E-state index in [4.69, 9.17) is 9.84 Å². The fourth-order valence-electron chi connectivity index (χ4n) is 2.72. The number of hydrogen-bond acceptors (Lipinski definition) is 4. The van der Waals surface area contributed by atoms with E-state index >= 15 is 0 Å². The van der Waals surface area contributed by atoms with E-state index in [-0.39, 0.29) is 30.8 Å². The van der Waals surface area contributed by atoms with Crippen LogP contribution in [0.1, 0.15) is 18.4 Å². The molecule has 1 atom stereocenters. The number of carboxylic acid groups (broad SMARTS) is 1. The average molecular weight is 357 g/mol. The van der Waals surface area contributed by atoms with E-state index < -0.39 is 5.97 Å². The summed E-state index contributed by atoms with van der Waals surface area (Å²) in [5.74, 6) is -0.439. The molecule has 0 spiro atoms. The molecule has 0 saturated carbocycles. The smallest absolute Gasteiger partial charge is 0.307 e. The minimum atomic E-state index is -0.776. The number of hydrogen-bond donors (Lipinski definition) is 2. The number of carbonyl (C=O) groups is 2. The van der Waals surface area contributed by atoms with Gasteiger partial charge in [0.15, 0.2) is 0 Å². The first-order valence-corrected chi connectivity index (χ1v) is 7.96. The van der Waals surface area contributed by atoms with Crippen LogP contribution in [0.3, 0.4) is 0 Å². The van der Waals surface area contributed by atoms with Gasteiger partial charge >= 0.3 is 5.97 Å². The number of carboxylic acids is 1. The van der Waals surface area contributed by atoms with Crippen LogP contribution < -0.4 is 10.1 Å². The molecule has 134 valence electrons. The van der Waals surface area contributed by atoms with Crippen LogP contribution in [0.25, 0.3) is 0 Å². The Kier molecular flexibility index (Phi) is 8.57. The molecule has 1 heterocycles. The number of ether oxygens (including phenoxy) is 1. The first-order chi connectivity index (χ1) is 11.0. The van der Waals surface area contributed by atoms with Crippen LogP contribution >= 0.6 is 12.4 Å². The van der Waals surface area contributed by atoms with Crippen molar-refractivity contribution in [2.75, 3.05) is 32.8 Å². The third-order valence-electron chi connectivity index (χ3n) is 3.90. The van der Waals surface area contributed by atoms with E-state index in [0.29, 0.717) is 26.1 Å². The van der Waals surface area contributed by atoms with E-state index in [2.05, 4.69) is 5.32 Å². The summed E-state index contributed by atoms with van der Waals surface area (Å²) < 4.78 is 5.57. The third-order valence-corrected chi connectivity index (χ3v) is 3.90. The average Bonchev–Trinajstić information content (AvgIpc) is 2.52. The summed E-state index contributed by atoms with van der Waals surface area (Å²) >= 11 is 0. The molecule has 6 nitrogen and oxygen atoms in total. The van der Waals surface area contributed by atoms with Crippen LogP contribution in [0.15, 0.2) is 24.3 Å². The van der Waals surface area contributed by atoms with Gasteiger partial charge < -0.3 is 15.2 Å². The van der Waals surface area contributed by atoms with Crippen molar-refractivity contribution in [3.63, 3.8) is 0 Å². The van der Waals surface area contributed by atoms with Crippen molar-refractivity contribution in [1.82, 2.24) is 10.2 Å². The predicted molar refractivity (Wildman–Crippen MR) is 93.7 cm³/mol. The van der Waals surface area contributed by atoms with Crippen LogP contribution in [0.5, 0.6) is 5.75 Å². The Morgan fingerprint density at radius 2 is 2.21 bits per heavy atom. The van der Waals surface area contributed by atoms with Gasteiger partial charge in [-0.15, -0.1) is 12.4 Å². The zero-order valence-corrected chi connectivity index (χ0v) is 14.7. The fraction of sp³-hybridized carbons (Fsp3) is 0.529. The van der Waals surface area contributed by atoms with Crippen molar-refractivity contribution in [3.8, 4) is 5.75 Å². The predicted octanol–water partition coefficient (Wildman–Crippen LogP) is 1.71.